The summed E-state index contributed by atoms with van der Waals surface area (Å²) in [4.78, 5) is 18.6. The van der Waals surface area contributed by atoms with Crippen LogP contribution in [-0.4, -0.2) is 28.9 Å². The summed E-state index contributed by atoms with van der Waals surface area (Å²) in [5, 5.41) is 1.81. The monoisotopic (exact) mass is 285 g/mol. The summed E-state index contributed by atoms with van der Waals surface area (Å²) in [5.74, 6) is 0.295. The maximum Gasteiger partial charge on any atom is 0.272 e. The molecule has 1 aromatic carbocycles. The van der Waals surface area contributed by atoms with Gasteiger partial charge in [-0.2, -0.15) is 0 Å². The molecule has 1 aromatic heterocycles. The Morgan fingerprint density at radius 1 is 1.29 bits per heavy atom. The Hall–Kier alpha value is -2.10. The van der Waals surface area contributed by atoms with Gasteiger partial charge in [0.15, 0.2) is 0 Å². The lowest BCUT2D eigenvalue weighted by Gasteiger charge is -2.35. The number of fused-ring (bicyclic) bond motifs is 1. The van der Waals surface area contributed by atoms with E-state index in [9.17, 15) is 4.79 Å². The van der Waals surface area contributed by atoms with E-state index >= 15 is 0 Å². The minimum Gasteiger partial charge on any atom is -0.383 e. The Labute approximate surface area is 126 Å². The van der Waals surface area contributed by atoms with Crippen molar-refractivity contribution in [1.29, 1.82) is 0 Å². The predicted octanol–water partition coefficient (Wildman–Crippen LogP) is 3.32. The fourth-order valence-electron chi connectivity index (χ4n) is 2.27. The highest BCUT2D eigenvalue weighted by atomic mass is 16.2. The largest absolute Gasteiger partial charge is 0.383 e. The Kier molecular flexibility index (Phi) is 3.90. The first kappa shape index (κ1) is 15.3. The molecule has 0 aliphatic rings. The van der Waals surface area contributed by atoms with Gasteiger partial charge in [-0.25, -0.2) is 4.98 Å². The summed E-state index contributed by atoms with van der Waals surface area (Å²) in [6.07, 6.45) is 0. The molecule has 2 aromatic rings. The third-order valence-electron chi connectivity index (χ3n) is 4.14. The van der Waals surface area contributed by atoms with Crippen molar-refractivity contribution in [3.8, 4) is 0 Å². The number of nitrogens with zero attached hydrogens (tertiary/aromatic N) is 2. The topological polar surface area (TPSA) is 59.2 Å². The number of carbonyl (C=O) groups is 1. The van der Waals surface area contributed by atoms with Crippen molar-refractivity contribution in [3.63, 3.8) is 0 Å². The first-order valence-corrected chi connectivity index (χ1v) is 7.14. The molecule has 1 heterocycles. The van der Waals surface area contributed by atoms with Crippen LogP contribution in [0.3, 0.4) is 0 Å². The van der Waals surface area contributed by atoms with Crippen LogP contribution in [0.2, 0.25) is 0 Å². The zero-order valence-electron chi connectivity index (χ0n) is 13.3. The molecule has 4 heteroatoms. The van der Waals surface area contributed by atoms with Gasteiger partial charge < -0.3 is 10.6 Å². The standard InChI is InChI=1S/C17H23N3O/c1-11(17(2,3)4)20(5)16(21)14-10-12-8-6-7-9-13(12)15(18)19-14/h6-11H,1-5H3,(H2,18,19). The Morgan fingerprint density at radius 3 is 2.52 bits per heavy atom. The fourth-order valence-corrected chi connectivity index (χ4v) is 2.27. The van der Waals surface area contributed by atoms with Gasteiger partial charge in [0.05, 0.1) is 0 Å². The van der Waals surface area contributed by atoms with Crippen LogP contribution >= 0.6 is 0 Å². The number of benzene rings is 1. The number of nitrogens with two attached hydrogens (primary N) is 1. The Bertz CT molecular complexity index is 673. The van der Waals surface area contributed by atoms with Crippen molar-refractivity contribution in [2.45, 2.75) is 33.7 Å². The second kappa shape index (κ2) is 5.35. The van der Waals surface area contributed by atoms with Gasteiger partial charge in [-0.05, 0) is 23.8 Å². The van der Waals surface area contributed by atoms with Crippen LogP contribution in [0.15, 0.2) is 30.3 Å². The van der Waals surface area contributed by atoms with Crippen molar-refractivity contribution in [1.82, 2.24) is 9.88 Å². The Morgan fingerprint density at radius 2 is 1.90 bits per heavy atom. The molecule has 0 bridgehead atoms. The molecular formula is C17H23N3O. The number of nitrogen functional groups attached to an aromatic ring is 1. The summed E-state index contributed by atoms with van der Waals surface area (Å²) >= 11 is 0. The number of aromatic nitrogens is 1. The number of rotatable bonds is 2. The molecule has 0 saturated heterocycles. The number of anilines is 1. The zero-order valence-corrected chi connectivity index (χ0v) is 13.3. The van der Waals surface area contributed by atoms with E-state index in [1.54, 1.807) is 11.0 Å². The normalized spacial score (nSPS) is 13.2. The fraction of sp³-hybridized carbons (Fsp3) is 0.412. The molecule has 2 N–H and O–H groups in total. The molecule has 0 saturated carbocycles. The lowest BCUT2D eigenvalue weighted by molar-refractivity contribution is 0.0623. The van der Waals surface area contributed by atoms with Gasteiger partial charge in [0, 0.05) is 18.5 Å². The maximum absolute atomic E-state index is 12.6. The van der Waals surface area contributed by atoms with Crippen LogP contribution in [-0.2, 0) is 0 Å². The van der Waals surface area contributed by atoms with Crippen LogP contribution in [0.4, 0.5) is 5.82 Å². The molecule has 2 rings (SSSR count). The molecule has 1 unspecified atom stereocenters. The zero-order chi connectivity index (χ0) is 15.8. The van der Waals surface area contributed by atoms with Crippen molar-refractivity contribution in [2.24, 2.45) is 5.41 Å². The first-order chi connectivity index (χ1) is 9.71. The van der Waals surface area contributed by atoms with E-state index in [-0.39, 0.29) is 17.4 Å². The highest BCUT2D eigenvalue weighted by Crippen LogP contribution is 2.25. The third kappa shape index (κ3) is 2.99. The molecule has 112 valence electrons. The van der Waals surface area contributed by atoms with Gasteiger partial charge in [0.25, 0.3) is 5.91 Å². The first-order valence-electron chi connectivity index (χ1n) is 7.14. The highest BCUT2D eigenvalue weighted by molar-refractivity contribution is 5.99. The third-order valence-corrected chi connectivity index (χ3v) is 4.14. The molecule has 0 spiro atoms. The summed E-state index contributed by atoms with van der Waals surface area (Å²) < 4.78 is 0. The molecular weight excluding hydrogens is 262 g/mol. The summed E-state index contributed by atoms with van der Waals surface area (Å²) in [6.45, 7) is 8.39. The minimum atomic E-state index is -0.102. The average molecular weight is 285 g/mol. The van der Waals surface area contributed by atoms with Gasteiger partial charge in [-0.15, -0.1) is 0 Å². The van der Waals surface area contributed by atoms with Crippen LogP contribution < -0.4 is 5.73 Å². The number of hydrogen-bond acceptors (Lipinski definition) is 3. The van der Waals surface area contributed by atoms with E-state index in [1.807, 2.05) is 38.2 Å². The van der Waals surface area contributed by atoms with E-state index in [1.165, 1.54) is 0 Å². The lowest BCUT2D eigenvalue weighted by Crippen LogP contribution is -2.43. The van der Waals surface area contributed by atoms with Crippen molar-refractivity contribution in [2.75, 3.05) is 12.8 Å². The molecule has 4 nitrogen and oxygen atoms in total. The van der Waals surface area contributed by atoms with Crippen LogP contribution in [0.1, 0.15) is 38.2 Å². The average Bonchev–Trinajstić information content (AvgIpc) is 2.44. The van der Waals surface area contributed by atoms with Crippen molar-refractivity contribution >= 4 is 22.5 Å². The molecule has 0 radical (unpaired) electrons. The maximum atomic E-state index is 12.6. The predicted molar refractivity (Wildman–Crippen MR) is 87.2 cm³/mol. The van der Waals surface area contributed by atoms with E-state index in [0.29, 0.717) is 11.5 Å². The minimum absolute atomic E-state index is 0.00675. The molecule has 0 aliphatic heterocycles. The van der Waals surface area contributed by atoms with Crippen LogP contribution in [0.5, 0.6) is 0 Å². The van der Waals surface area contributed by atoms with Gasteiger partial charge in [-0.1, -0.05) is 45.0 Å². The van der Waals surface area contributed by atoms with Crippen LogP contribution in [0.25, 0.3) is 10.8 Å². The number of pyridine rings is 1. The summed E-state index contributed by atoms with van der Waals surface area (Å²) in [5.41, 5.74) is 6.38. The van der Waals surface area contributed by atoms with Gasteiger partial charge in [0.2, 0.25) is 0 Å². The van der Waals surface area contributed by atoms with E-state index in [4.69, 9.17) is 5.73 Å². The van der Waals surface area contributed by atoms with Crippen molar-refractivity contribution in [3.05, 3.63) is 36.0 Å². The van der Waals surface area contributed by atoms with Crippen LogP contribution in [0, 0.1) is 5.41 Å². The molecule has 1 atom stereocenters. The summed E-state index contributed by atoms with van der Waals surface area (Å²) in [6, 6.07) is 9.59. The van der Waals surface area contributed by atoms with Crippen molar-refractivity contribution < 1.29 is 4.79 Å². The second-order valence-corrected chi connectivity index (χ2v) is 6.57. The lowest BCUT2D eigenvalue weighted by atomic mass is 9.87. The molecule has 21 heavy (non-hydrogen) atoms. The second-order valence-electron chi connectivity index (χ2n) is 6.57. The highest BCUT2D eigenvalue weighted by Gasteiger charge is 2.28. The molecule has 0 fully saturated rings. The van der Waals surface area contributed by atoms with E-state index < -0.39 is 0 Å². The van der Waals surface area contributed by atoms with Gasteiger partial charge in [-0.3, -0.25) is 4.79 Å². The van der Waals surface area contributed by atoms with Gasteiger partial charge >= 0.3 is 0 Å². The van der Waals surface area contributed by atoms with Gasteiger partial charge in [0.1, 0.15) is 11.5 Å². The quantitative estimate of drug-likeness (QED) is 0.920. The number of carbonyl (C=O) groups excluding carboxylic acids is 1. The van der Waals surface area contributed by atoms with E-state index in [0.717, 1.165) is 10.8 Å². The molecule has 1 amide bonds. The number of hydrogen-bond donors (Lipinski definition) is 1. The molecule has 0 aliphatic carbocycles. The SMILES string of the molecule is CC(N(C)C(=O)c1cc2ccccc2c(N)n1)C(C)(C)C. The Balaban J connectivity index is 2.40. The smallest absolute Gasteiger partial charge is 0.272 e. The van der Waals surface area contributed by atoms with E-state index in [2.05, 4.69) is 25.8 Å². The number of amides is 1. The summed E-state index contributed by atoms with van der Waals surface area (Å²) in [7, 11) is 1.81.